The van der Waals surface area contributed by atoms with Crippen LogP contribution in [0.15, 0.2) is 42.7 Å². The maximum absolute atomic E-state index is 13.7. The number of halogens is 1. The largest absolute Gasteiger partial charge is 0.358 e. The van der Waals surface area contributed by atoms with Crippen LogP contribution in [0.3, 0.4) is 0 Å². The van der Waals surface area contributed by atoms with Crippen LogP contribution in [-0.2, 0) is 13.0 Å². The standard InChI is InChI=1S/C22H23FN4O/c23-16-1-2-20-18(13-16)19-14-27(12-7-21(19)25-20)17-5-10-26(11-6-17)22(28)15-3-8-24-9-4-15/h1-4,8-9,13,17,25H,5-7,10-12,14H2. The molecule has 144 valence electrons. The average molecular weight is 378 g/mol. The van der Waals surface area contributed by atoms with Crippen molar-refractivity contribution in [2.45, 2.75) is 31.8 Å². The minimum absolute atomic E-state index is 0.0916. The molecule has 1 amide bonds. The molecule has 0 aliphatic carbocycles. The summed E-state index contributed by atoms with van der Waals surface area (Å²) >= 11 is 0. The van der Waals surface area contributed by atoms with Crippen molar-refractivity contribution in [1.29, 1.82) is 0 Å². The van der Waals surface area contributed by atoms with Gasteiger partial charge in [-0.3, -0.25) is 14.7 Å². The van der Waals surface area contributed by atoms with Gasteiger partial charge in [0.25, 0.3) is 5.91 Å². The third-order valence-corrected chi connectivity index (χ3v) is 6.16. The number of pyridine rings is 1. The molecule has 5 nitrogen and oxygen atoms in total. The molecule has 5 rings (SSSR count). The van der Waals surface area contributed by atoms with E-state index in [0.29, 0.717) is 11.6 Å². The number of piperidine rings is 1. The number of nitrogens with one attached hydrogen (secondary N) is 1. The van der Waals surface area contributed by atoms with Crippen molar-refractivity contribution >= 4 is 16.8 Å². The zero-order valence-corrected chi connectivity index (χ0v) is 15.7. The number of rotatable bonds is 2. The molecule has 1 aromatic carbocycles. The molecule has 1 N–H and O–H groups in total. The molecule has 2 aliphatic heterocycles. The predicted molar refractivity (Wildman–Crippen MR) is 106 cm³/mol. The normalized spacial score (nSPS) is 18.4. The first kappa shape index (κ1) is 17.4. The molecule has 0 bridgehead atoms. The van der Waals surface area contributed by atoms with E-state index in [1.165, 1.54) is 17.3 Å². The van der Waals surface area contributed by atoms with Crippen LogP contribution in [0.2, 0.25) is 0 Å². The molecular weight excluding hydrogens is 355 g/mol. The molecule has 0 radical (unpaired) electrons. The van der Waals surface area contributed by atoms with E-state index in [2.05, 4.69) is 14.9 Å². The number of nitrogens with zero attached hydrogens (tertiary/aromatic N) is 3. The lowest BCUT2D eigenvalue weighted by Gasteiger charge is -2.40. The van der Waals surface area contributed by atoms with Gasteiger partial charge < -0.3 is 9.88 Å². The van der Waals surface area contributed by atoms with E-state index in [1.54, 1.807) is 30.6 Å². The number of aromatic nitrogens is 2. The van der Waals surface area contributed by atoms with Crippen LogP contribution in [0.1, 0.15) is 34.5 Å². The number of hydrogen-bond acceptors (Lipinski definition) is 3. The molecule has 0 saturated carbocycles. The van der Waals surface area contributed by atoms with Gasteiger partial charge in [0.1, 0.15) is 5.82 Å². The Morgan fingerprint density at radius 2 is 1.89 bits per heavy atom. The van der Waals surface area contributed by atoms with E-state index < -0.39 is 0 Å². The lowest BCUT2D eigenvalue weighted by atomic mass is 9.97. The molecule has 1 fully saturated rings. The third-order valence-electron chi connectivity index (χ3n) is 6.16. The first-order chi connectivity index (χ1) is 13.7. The van der Waals surface area contributed by atoms with Gasteiger partial charge in [0.15, 0.2) is 0 Å². The van der Waals surface area contributed by atoms with Gasteiger partial charge in [-0.15, -0.1) is 0 Å². The van der Waals surface area contributed by atoms with Crippen molar-refractivity contribution < 1.29 is 9.18 Å². The van der Waals surface area contributed by atoms with Gasteiger partial charge in [-0.05, 0) is 48.7 Å². The van der Waals surface area contributed by atoms with Gasteiger partial charge in [0.2, 0.25) is 0 Å². The minimum Gasteiger partial charge on any atom is -0.358 e. The summed E-state index contributed by atoms with van der Waals surface area (Å²) in [6.07, 6.45) is 6.23. The highest BCUT2D eigenvalue weighted by Gasteiger charge is 2.30. The highest BCUT2D eigenvalue weighted by Crippen LogP contribution is 2.31. The second-order valence-corrected chi connectivity index (χ2v) is 7.75. The van der Waals surface area contributed by atoms with Crippen LogP contribution >= 0.6 is 0 Å². The van der Waals surface area contributed by atoms with Crippen LogP contribution in [-0.4, -0.2) is 51.4 Å². The van der Waals surface area contributed by atoms with E-state index in [-0.39, 0.29) is 11.7 Å². The smallest absolute Gasteiger partial charge is 0.253 e. The summed E-state index contributed by atoms with van der Waals surface area (Å²) in [4.78, 5) is 24.5. The van der Waals surface area contributed by atoms with Gasteiger partial charge in [-0.25, -0.2) is 4.39 Å². The fourth-order valence-electron chi connectivity index (χ4n) is 4.63. The zero-order chi connectivity index (χ0) is 19.1. The quantitative estimate of drug-likeness (QED) is 0.744. The van der Waals surface area contributed by atoms with E-state index in [1.807, 2.05) is 11.0 Å². The number of fused-ring (bicyclic) bond motifs is 3. The van der Waals surface area contributed by atoms with Crippen molar-refractivity contribution in [3.05, 3.63) is 65.4 Å². The van der Waals surface area contributed by atoms with Crippen molar-refractivity contribution in [3.63, 3.8) is 0 Å². The van der Waals surface area contributed by atoms with Crippen LogP contribution < -0.4 is 0 Å². The Hall–Kier alpha value is -2.73. The van der Waals surface area contributed by atoms with Crippen LogP contribution in [0.25, 0.3) is 10.9 Å². The lowest BCUT2D eigenvalue weighted by molar-refractivity contribution is 0.0599. The number of likely N-dealkylation sites (tertiary alicyclic amines) is 1. The summed E-state index contributed by atoms with van der Waals surface area (Å²) in [5.74, 6) is -0.0942. The van der Waals surface area contributed by atoms with Gasteiger partial charge in [-0.2, -0.15) is 0 Å². The van der Waals surface area contributed by atoms with Gasteiger partial charge in [-0.1, -0.05) is 0 Å². The van der Waals surface area contributed by atoms with E-state index >= 15 is 0 Å². The number of H-pyrrole nitrogens is 1. The Morgan fingerprint density at radius 1 is 1.11 bits per heavy atom. The Bertz CT molecular complexity index is 1010. The molecule has 2 aliphatic rings. The molecule has 0 atom stereocenters. The number of aromatic amines is 1. The maximum Gasteiger partial charge on any atom is 0.253 e. The molecule has 0 spiro atoms. The predicted octanol–water partition coefficient (Wildman–Crippen LogP) is 3.36. The number of carbonyl (C=O) groups is 1. The number of carbonyl (C=O) groups excluding carboxylic acids is 1. The highest BCUT2D eigenvalue weighted by molar-refractivity contribution is 5.94. The summed E-state index contributed by atoms with van der Waals surface area (Å²) in [5, 5.41) is 1.00. The van der Waals surface area contributed by atoms with Gasteiger partial charge in [0, 0.05) is 73.2 Å². The summed E-state index contributed by atoms with van der Waals surface area (Å²) in [6.45, 7) is 3.41. The zero-order valence-electron chi connectivity index (χ0n) is 15.7. The Balaban J connectivity index is 1.27. The Morgan fingerprint density at radius 3 is 2.68 bits per heavy atom. The molecule has 4 heterocycles. The molecule has 3 aromatic rings. The second kappa shape index (κ2) is 7.02. The monoisotopic (exact) mass is 378 g/mol. The fraction of sp³-hybridized carbons (Fsp3) is 0.364. The Kier molecular flexibility index (Phi) is 4.36. The average Bonchev–Trinajstić information content (AvgIpc) is 3.11. The minimum atomic E-state index is -0.186. The van der Waals surface area contributed by atoms with E-state index in [0.717, 1.165) is 56.3 Å². The molecule has 1 saturated heterocycles. The summed E-state index contributed by atoms with van der Waals surface area (Å²) in [6, 6.07) is 9.00. The lowest BCUT2D eigenvalue weighted by Crippen LogP contribution is -2.48. The second-order valence-electron chi connectivity index (χ2n) is 7.75. The SMILES string of the molecule is O=C(c1ccncc1)N1CCC(N2CCc3[nH]c4ccc(F)cc4c3C2)CC1. The third kappa shape index (κ3) is 3.07. The molecule has 28 heavy (non-hydrogen) atoms. The first-order valence-corrected chi connectivity index (χ1v) is 9.91. The molecule has 6 heteroatoms. The molecule has 0 unspecified atom stereocenters. The maximum atomic E-state index is 13.7. The number of hydrogen-bond donors (Lipinski definition) is 1. The molecule has 2 aromatic heterocycles. The van der Waals surface area contributed by atoms with Crippen LogP contribution in [0.4, 0.5) is 4.39 Å². The summed E-state index contributed by atoms with van der Waals surface area (Å²) < 4.78 is 13.7. The van der Waals surface area contributed by atoms with E-state index in [4.69, 9.17) is 0 Å². The van der Waals surface area contributed by atoms with Crippen molar-refractivity contribution in [2.75, 3.05) is 19.6 Å². The highest BCUT2D eigenvalue weighted by atomic mass is 19.1. The van der Waals surface area contributed by atoms with Crippen molar-refractivity contribution in [1.82, 2.24) is 19.8 Å². The van der Waals surface area contributed by atoms with E-state index in [9.17, 15) is 9.18 Å². The molecular formula is C22H23FN4O. The van der Waals surface area contributed by atoms with Gasteiger partial charge >= 0.3 is 0 Å². The van der Waals surface area contributed by atoms with Crippen molar-refractivity contribution in [3.8, 4) is 0 Å². The van der Waals surface area contributed by atoms with Gasteiger partial charge in [0.05, 0.1) is 0 Å². The summed E-state index contributed by atoms with van der Waals surface area (Å²) in [5.41, 5.74) is 4.20. The fourth-order valence-corrected chi connectivity index (χ4v) is 4.63. The van der Waals surface area contributed by atoms with Crippen LogP contribution in [0, 0.1) is 5.82 Å². The van der Waals surface area contributed by atoms with Crippen LogP contribution in [0.5, 0.6) is 0 Å². The number of amides is 1. The topological polar surface area (TPSA) is 52.2 Å². The first-order valence-electron chi connectivity index (χ1n) is 9.91. The Labute approximate surface area is 163 Å². The van der Waals surface area contributed by atoms with Crippen molar-refractivity contribution in [2.24, 2.45) is 0 Å². The summed E-state index contributed by atoms with van der Waals surface area (Å²) in [7, 11) is 0. The number of benzene rings is 1.